The molecular weight excluding hydrogens is 508 g/mol. The summed E-state index contributed by atoms with van der Waals surface area (Å²) >= 11 is 7.33. The zero-order valence-electron chi connectivity index (χ0n) is 20.9. The zero-order valence-corrected chi connectivity index (χ0v) is 22.4. The van der Waals surface area contributed by atoms with E-state index in [1.54, 1.807) is 4.90 Å². The van der Waals surface area contributed by atoms with Crippen molar-refractivity contribution in [1.29, 1.82) is 0 Å². The molecule has 37 heavy (non-hydrogen) atoms. The molecule has 3 aromatic rings. The SMILES string of the molecule is CCOCCN1C(=O)/C(=C/c2ccc(OCc3ccc(Cl)cc3)c(OCC)c2)SC1=Nc1ccccc1. The second kappa shape index (κ2) is 13.3. The Morgan fingerprint density at radius 3 is 2.46 bits per heavy atom. The van der Waals surface area contributed by atoms with Crippen molar-refractivity contribution in [2.45, 2.75) is 20.5 Å². The standard InChI is InChI=1S/C29H29ClN2O4S/c1-3-34-17-16-32-28(33)27(37-29(32)31-24-8-6-5-7-9-24)19-22-12-15-25(26(18-22)35-4-2)36-20-21-10-13-23(30)14-11-21/h5-15,18-19H,3-4,16-17,20H2,1-2H3/b27-19-,31-29?. The highest BCUT2D eigenvalue weighted by Crippen LogP contribution is 2.36. The number of amidine groups is 1. The maximum atomic E-state index is 13.3. The maximum Gasteiger partial charge on any atom is 0.266 e. The number of amides is 1. The monoisotopic (exact) mass is 536 g/mol. The van der Waals surface area contributed by atoms with Crippen LogP contribution in [0, 0.1) is 0 Å². The summed E-state index contributed by atoms with van der Waals surface area (Å²) in [5.41, 5.74) is 2.63. The number of para-hydroxylation sites is 1. The summed E-state index contributed by atoms with van der Waals surface area (Å²) in [4.78, 5) is 20.3. The van der Waals surface area contributed by atoms with Gasteiger partial charge in [-0.15, -0.1) is 0 Å². The molecule has 192 valence electrons. The smallest absolute Gasteiger partial charge is 0.266 e. The largest absolute Gasteiger partial charge is 0.490 e. The lowest BCUT2D eigenvalue weighted by atomic mass is 10.1. The van der Waals surface area contributed by atoms with Crippen LogP contribution in [0.25, 0.3) is 6.08 Å². The molecule has 0 spiro atoms. The Balaban J connectivity index is 1.56. The minimum Gasteiger partial charge on any atom is -0.490 e. The average Bonchev–Trinajstić information content (AvgIpc) is 3.19. The summed E-state index contributed by atoms with van der Waals surface area (Å²) in [6, 6.07) is 22.8. The Morgan fingerprint density at radius 2 is 1.73 bits per heavy atom. The summed E-state index contributed by atoms with van der Waals surface area (Å²) in [7, 11) is 0. The van der Waals surface area contributed by atoms with Crippen LogP contribution in [0.4, 0.5) is 5.69 Å². The molecule has 0 atom stereocenters. The molecule has 0 unspecified atom stereocenters. The van der Waals surface area contributed by atoms with Gasteiger partial charge < -0.3 is 14.2 Å². The molecule has 1 fully saturated rings. The summed E-state index contributed by atoms with van der Waals surface area (Å²) in [5.74, 6) is 1.15. The molecule has 1 aliphatic heterocycles. The van der Waals surface area contributed by atoms with Gasteiger partial charge >= 0.3 is 0 Å². The molecule has 6 nitrogen and oxygen atoms in total. The highest BCUT2D eigenvalue weighted by molar-refractivity contribution is 8.18. The van der Waals surface area contributed by atoms with Crippen LogP contribution in [0.2, 0.25) is 5.02 Å². The average molecular weight is 537 g/mol. The van der Waals surface area contributed by atoms with Crippen LogP contribution in [0.3, 0.4) is 0 Å². The van der Waals surface area contributed by atoms with Crippen LogP contribution < -0.4 is 9.47 Å². The van der Waals surface area contributed by atoms with Gasteiger partial charge in [0.2, 0.25) is 0 Å². The van der Waals surface area contributed by atoms with Gasteiger partial charge in [-0.25, -0.2) is 4.99 Å². The van der Waals surface area contributed by atoms with Gasteiger partial charge in [0.15, 0.2) is 16.7 Å². The number of carbonyl (C=O) groups excluding carboxylic acids is 1. The third-order valence-electron chi connectivity index (χ3n) is 5.41. The van der Waals surface area contributed by atoms with Crippen molar-refractivity contribution in [1.82, 2.24) is 4.90 Å². The van der Waals surface area contributed by atoms with E-state index in [1.165, 1.54) is 11.8 Å². The van der Waals surface area contributed by atoms with Crippen molar-refractivity contribution >= 4 is 46.2 Å². The van der Waals surface area contributed by atoms with Crippen molar-refractivity contribution in [3.05, 3.63) is 93.9 Å². The van der Waals surface area contributed by atoms with Gasteiger partial charge in [0.25, 0.3) is 5.91 Å². The summed E-state index contributed by atoms with van der Waals surface area (Å²) in [6.07, 6.45) is 1.86. The topological polar surface area (TPSA) is 60.4 Å². The lowest BCUT2D eigenvalue weighted by molar-refractivity contribution is -0.122. The van der Waals surface area contributed by atoms with Crippen LogP contribution in [-0.2, 0) is 16.1 Å². The number of hydrogen-bond donors (Lipinski definition) is 0. The molecule has 3 aromatic carbocycles. The number of carbonyl (C=O) groups is 1. The Morgan fingerprint density at radius 1 is 0.946 bits per heavy atom. The summed E-state index contributed by atoms with van der Waals surface area (Å²) < 4.78 is 17.4. The number of benzene rings is 3. The fraction of sp³-hybridized carbons (Fsp3) is 0.241. The van der Waals surface area contributed by atoms with E-state index in [0.29, 0.717) is 59.6 Å². The molecule has 1 amide bonds. The van der Waals surface area contributed by atoms with Crippen LogP contribution in [0.5, 0.6) is 11.5 Å². The molecule has 0 saturated carbocycles. The number of ether oxygens (including phenoxy) is 3. The second-order valence-corrected chi connectivity index (χ2v) is 9.49. The number of rotatable bonds is 11. The molecule has 0 bridgehead atoms. The number of thioether (sulfide) groups is 1. The number of nitrogens with zero attached hydrogens (tertiary/aromatic N) is 2. The van der Waals surface area contributed by atoms with E-state index in [2.05, 4.69) is 0 Å². The van der Waals surface area contributed by atoms with Crippen LogP contribution in [-0.4, -0.2) is 42.3 Å². The molecule has 1 heterocycles. The molecule has 0 N–H and O–H groups in total. The van der Waals surface area contributed by atoms with E-state index >= 15 is 0 Å². The first kappa shape index (κ1) is 26.8. The van der Waals surface area contributed by atoms with Crippen molar-refractivity contribution < 1.29 is 19.0 Å². The number of halogens is 1. The van der Waals surface area contributed by atoms with Gasteiger partial charge in [-0.1, -0.05) is 48.0 Å². The first-order chi connectivity index (χ1) is 18.1. The maximum absolute atomic E-state index is 13.3. The third-order valence-corrected chi connectivity index (χ3v) is 6.66. The van der Waals surface area contributed by atoms with E-state index in [9.17, 15) is 4.79 Å². The minimum atomic E-state index is -0.0968. The fourth-order valence-electron chi connectivity index (χ4n) is 3.60. The van der Waals surface area contributed by atoms with Crippen LogP contribution in [0.1, 0.15) is 25.0 Å². The van der Waals surface area contributed by atoms with Gasteiger partial charge in [-0.2, -0.15) is 0 Å². The van der Waals surface area contributed by atoms with Gasteiger partial charge in [0.1, 0.15) is 6.61 Å². The molecular formula is C29H29ClN2O4S. The Hall–Kier alpha value is -3.26. The zero-order chi connectivity index (χ0) is 26.0. The van der Waals surface area contributed by atoms with Crippen LogP contribution >= 0.6 is 23.4 Å². The lowest BCUT2D eigenvalue weighted by Gasteiger charge is -2.15. The Labute approximate surface area is 226 Å². The third kappa shape index (κ3) is 7.38. The summed E-state index contributed by atoms with van der Waals surface area (Å²) in [5, 5.41) is 1.32. The predicted molar refractivity (Wildman–Crippen MR) is 151 cm³/mol. The Bertz CT molecular complexity index is 1260. The lowest BCUT2D eigenvalue weighted by Crippen LogP contribution is -2.32. The van der Waals surface area contributed by atoms with E-state index < -0.39 is 0 Å². The van der Waals surface area contributed by atoms with E-state index in [4.69, 9.17) is 30.8 Å². The predicted octanol–water partition coefficient (Wildman–Crippen LogP) is 6.96. The van der Waals surface area contributed by atoms with E-state index in [-0.39, 0.29) is 5.91 Å². The normalized spacial score (nSPS) is 15.5. The molecule has 0 radical (unpaired) electrons. The molecule has 4 rings (SSSR count). The summed E-state index contributed by atoms with van der Waals surface area (Å²) in [6.45, 7) is 6.21. The van der Waals surface area contributed by atoms with E-state index in [0.717, 1.165) is 16.8 Å². The fourth-order valence-corrected chi connectivity index (χ4v) is 4.75. The molecule has 1 saturated heterocycles. The van der Waals surface area contributed by atoms with E-state index in [1.807, 2.05) is 92.7 Å². The second-order valence-electron chi connectivity index (χ2n) is 8.05. The minimum absolute atomic E-state index is 0.0968. The van der Waals surface area contributed by atoms with Gasteiger partial charge in [0.05, 0.1) is 30.4 Å². The highest BCUT2D eigenvalue weighted by atomic mass is 35.5. The van der Waals surface area contributed by atoms with Crippen LogP contribution in [0.15, 0.2) is 82.7 Å². The molecule has 0 aromatic heterocycles. The van der Waals surface area contributed by atoms with Crippen molar-refractivity contribution in [3.63, 3.8) is 0 Å². The first-order valence-corrected chi connectivity index (χ1v) is 13.3. The highest BCUT2D eigenvalue weighted by Gasteiger charge is 2.33. The molecule has 8 heteroatoms. The quantitative estimate of drug-likeness (QED) is 0.196. The van der Waals surface area contributed by atoms with Crippen molar-refractivity contribution in [2.75, 3.05) is 26.4 Å². The van der Waals surface area contributed by atoms with Crippen molar-refractivity contribution in [3.8, 4) is 11.5 Å². The number of hydrogen-bond acceptors (Lipinski definition) is 6. The number of aliphatic imine (C=N–C) groups is 1. The molecule has 1 aliphatic rings. The van der Waals surface area contributed by atoms with Crippen molar-refractivity contribution in [2.24, 2.45) is 4.99 Å². The van der Waals surface area contributed by atoms with Gasteiger partial charge in [0, 0.05) is 11.6 Å². The molecule has 0 aliphatic carbocycles. The Kier molecular flexibility index (Phi) is 9.65. The van der Waals surface area contributed by atoms with Gasteiger partial charge in [-0.05, 0) is 79.2 Å². The van der Waals surface area contributed by atoms with Gasteiger partial charge in [-0.3, -0.25) is 9.69 Å². The first-order valence-electron chi connectivity index (χ1n) is 12.1.